The molecule has 0 fully saturated rings. The quantitative estimate of drug-likeness (QED) is 0.182. The number of nitrogens with zero attached hydrogens (tertiary/aromatic N) is 4. The Kier molecular flexibility index (Phi) is 6.81. The van der Waals surface area contributed by atoms with Gasteiger partial charge in [0, 0.05) is 22.4 Å². The minimum atomic E-state index is -0.316. The van der Waals surface area contributed by atoms with Crippen molar-refractivity contribution in [1.82, 2.24) is 9.55 Å². The fourth-order valence-corrected chi connectivity index (χ4v) is 7.06. The molecule has 6 aromatic carbocycles. The topological polar surface area (TPSA) is 33.5 Å². The highest BCUT2D eigenvalue weighted by Gasteiger charge is 2.31. The SMILES string of the molecule is CC(C)(c1cccc(N2ON(c3ccccc3)c3ccccc32)c1)c1ccc2c3ccccc3n(-c3cc(-c4ccccc4)ccn3)c2c1. The van der Waals surface area contributed by atoms with Gasteiger partial charge in [0.1, 0.15) is 5.82 Å². The summed E-state index contributed by atoms with van der Waals surface area (Å²) in [4.78, 5) is 11.4. The first-order chi connectivity index (χ1) is 24.1. The maximum Gasteiger partial charge on any atom is 0.138 e. The summed E-state index contributed by atoms with van der Waals surface area (Å²) in [6.07, 6.45) is 1.91. The van der Waals surface area contributed by atoms with Crippen LogP contribution in [0.15, 0.2) is 170 Å². The van der Waals surface area contributed by atoms with E-state index in [2.05, 4.69) is 152 Å². The molecule has 0 atom stereocenters. The van der Waals surface area contributed by atoms with Crippen molar-refractivity contribution in [2.45, 2.75) is 19.3 Å². The molecule has 0 saturated heterocycles. The molecule has 8 aromatic rings. The van der Waals surface area contributed by atoms with E-state index in [1.165, 1.54) is 27.5 Å². The highest BCUT2D eigenvalue weighted by molar-refractivity contribution is 6.09. The zero-order valence-electron chi connectivity index (χ0n) is 27.4. The van der Waals surface area contributed by atoms with Crippen molar-refractivity contribution in [3.63, 3.8) is 0 Å². The summed E-state index contributed by atoms with van der Waals surface area (Å²) in [5, 5.41) is 6.23. The summed E-state index contributed by atoms with van der Waals surface area (Å²) in [5.41, 5.74) is 10.6. The highest BCUT2D eigenvalue weighted by Crippen LogP contribution is 2.46. The smallest absolute Gasteiger partial charge is 0.138 e. The number of para-hydroxylation sites is 4. The summed E-state index contributed by atoms with van der Waals surface area (Å²) in [7, 11) is 0. The van der Waals surface area contributed by atoms with Crippen LogP contribution in [0.4, 0.5) is 22.7 Å². The summed E-state index contributed by atoms with van der Waals surface area (Å²) in [6, 6.07) is 57.4. The van der Waals surface area contributed by atoms with Crippen molar-refractivity contribution in [2.24, 2.45) is 0 Å². The third-order valence-corrected chi connectivity index (χ3v) is 9.75. The molecule has 2 aromatic heterocycles. The standard InChI is InChI=1S/C44H34N4O/c1-44(2,33-16-13-19-36(29-33)48-41-23-12-11-22-40(41)47(49-48)35-17-7-4-8-18-35)34-24-25-38-37-20-9-10-21-39(37)46(42(38)30-34)43-28-32(26-27-45-43)31-14-5-3-6-15-31/h3-30H,1-2H3. The molecular formula is C44H34N4O. The molecule has 1 aliphatic rings. The molecule has 3 heterocycles. The molecule has 9 rings (SSSR count). The molecule has 0 unspecified atom stereocenters. The van der Waals surface area contributed by atoms with Crippen LogP contribution in [0, 0.1) is 0 Å². The van der Waals surface area contributed by atoms with E-state index in [0.717, 1.165) is 45.2 Å². The van der Waals surface area contributed by atoms with E-state index >= 15 is 0 Å². The third-order valence-electron chi connectivity index (χ3n) is 9.75. The van der Waals surface area contributed by atoms with Crippen molar-refractivity contribution in [3.05, 3.63) is 181 Å². The zero-order valence-corrected chi connectivity index (χ0v) is 27.4. The predicted molar refractivity (Wildman–Crippen MR) is 201 cm³/mol. The normalized spacial score (nSPS) is 12.9. The van der Waals surface area contributed by atoms with Gasteiger partial charge in [-0.05, 0) is 82.9 Å². The minimum Gasteiger partial charge on any atom is -0.294 e. The van der Waals surface area contributed by atoms with Crippen LogP contribution in [0.2, 0.25) is 0 Å². The molecule has 0 saturated carbocycles. The van der Waals surface area contributed by atoms with Crippen molar-refractivity contribution >= 4 is 44.6 Å². The number of aromatic nitrogens is 2. The molecule has 0 amide bonds. The van der Waals surface area contributed by atoms with Gasteiger partial charge < -0.3 is 0 Å². The molecule has 0 radical (unpaired) electrons. The van der Waals surface area contributed by atoms with Crippen LogP contribution in [0.25, 0.3) is 38.8 Å². The summed E-state index contributed by atoms with van der Waals surface area (Å²) >= 11 is 0. The van der Waals surface area contributed by atoms with Gasteiger partial charge in [0.25, 0.3) is 0 Å². The highest BCUT2D eigenvalue weighted by atomic mass is 16.8. The van der Waals surface area contributed by atoms with Crippen LogP contribution >= 0.6 is 0 Å². The molecule has 0 spiro atoms. The van der Waals surface area contributed by atoms with E-state index in [4.69, 9.17) is 9.92 Å². The fourth-order valence-electron chi connectivity index (χ4n) is 7.06. The van der Waals surface area contributed by atoms with Crippen molar-refractivity contribution in [1.29, 1.82) is 0 Å². The molecular weight excluding hydrogens is 601 g/mol. The molecule has 0 aliphatic carbocycles. The van der Waals surface area contributed by atoms with Gasteiger partial charge in [0.05, 0.1) is 33.8 Å². The number of anilines is 4. The lowest BCUT2D eigenvalue weighted by Gasteiger charge is -2.28. The second kappa shape index (κ2) is 11.5. The van der Waals surface area contributed by atoms with Gasteiger partial charge in [0.15, 0.2) is 0 Å². The Balaban J connectivity index is 1.13. The van der Waals surface area contributed by atoms with Crippen molar-refractivity contribution in [3.8, 4) is 16.9 Å². The van der Waals surface area contributed by atoms with Crippen molar-refractivity contribution < 1.29 is 4.94 Å². The molecule has 5 nitrogen and oxygen atoms in total. The average Bonchev–Trinajstić information content (AvgIpc) is 3.72. The average molecular weight is 635 g/mol. The maximum absolute atomic E-state index is 6.53. The number of pyridine rings is 1. The Morgan fingerprint density at radius 1 is 0.490 bits per heavy atom. The predicted octanol–water partition coefficient (Wildman–Crippen LogP) is 11.3. The Labute approximate surface area is 285 Å². The maximum atomic E-state index is 6.53. The fraction of sp³-hybridized carbons (Fsp3) is 0.0682. The first-order valence-corrected chi connectivity index (χ1v) is 16.6. The first-order valence-electron chi connectivity index (χ1n) is 16.6. The molecule has 0 bridgehead atoms. The van der Waals surface area contributed by atoms with Crippen LogP contribution in [-0.4, -0.2) is 9.55 Å². The lowest BCUT2D eigenvalue weighted by atomic mass is 9.77. The van der Waals surface area contributed by atoms with Crippen LogP contribution < -0.4 is 10.1 Å². The van der Waals surface area contributed by atoms with Crippen LogP contribution in [-0.2, 0) is 10.4 Å². The molecule has 49 heavy (non-hydrogen) atoms. The second-order valence-electron chi connectivity index (χ2n) is 13.0. The van der Waals surface area contributed by atoms with Crippen LogP contribution in [0.5, 0.6) is 0 Å². The lowest BCUT2D eigenvalue weighted by molar-refractivity contribution is 0.156. The van der Waals surface area contributed by atoms with Gasteiger partial charge in [-0.1, -0.05) is 117 Å². The number of hydrogen-bond donors (Lipinski definition) is 0. The Morgan fingerprint density at radius 3 is 1.92 bits per heavy atom. The lowest BCUT2D eigenvalue weighted by Crippen LogP contribution is -2.22. The second-order valence-corrected chi connectivity index (χ2v) is 13.0. The summed E-state index contributed by atoms with van der Waals surface area (Å²) in [5.74, 6) is 0.900. The van der Waals surface area contributed by atoms with Gasteiger partial charge in [-0.25, -0.2) is 4.98 Å². The van der Waals surface area contributed by atoms with Gasteiger partial charge in [-0.15, -0.1) is 4.94 Å². The largest absolute Gasteiger partial charge is 0.294 e. The Morgan fingerprint density at radius 2 is 1.12 bits per heavy atom. The Hall–Kier alpha value is -6.17. The van der Waals surface area contributed by atoms with Gasteiger partial charge >= 0.3 is 0 Å². The van der Waals surface area contributed by atoms with E-state index in [9.17, 15) is 0 Å². The van der Waals surface area contributed by atoms with Crippen molar-refractivity contribution in [2.75, 3.05) is 10.1 Å². The number of fused-ring (bicyclic) bond motifs is 4. The first kappa shape index (κ1) is 29.0. The minimum absolute atomic E-state index is 0.316. The summed E-state index contributed by atoms with van der Waals surface area (Å²) in [6.45, 7) is 4.59. The number of hydrogen-bond acceptors (Lipinski definition) is 4. The van der Waals surface area contributed by atoms with E-state index in [1.807, 2.05) is 46.7 Å². The number of benzene rings is 6. The molecule has 5 heteroatoms. The van der Waals surface area contributed by atoms with E-state index < -0.39 is 0 Å². The number of rotatable bonds is 6. The van der Waals surface area contributed by atoms with Gasteiger partial charge in [0.2, 0.25) is 0 Å². The van der Waals surface area contributed by atoms with E-state index in [0.29, 0.717) is 0 Å². The molecule has 0 N–H and O–H groups in total. The van der Waals surface area contributed by atoms with Gasteiger partial charge in [-0.3, -0.25) is 4.57 Å². The Bertz CT molecular complexity index is 2470. The zero-order chi connectivity index (χ0) is 33.0. The third kappa shape index (κ3) is 4.86. The molecule has 236 valence electrons. The summed E-state index contributed by atoms with van der Waals surface area (Å²) < 4.78 is 2.31. The van der Waals surface area contributed by atoms with E-state index in [-0.39, 0.29) is 5.41 Å². The monoisotopic (exact) mass is 634 g/mol. The van der Waals surface area contributed by atoms with Gasteiger partial charge in [-0.2, -0.15) is 10.1 Å². The van der Waals surface area contributed by atoms with Crippen LogP contribution in [0.1, 0.15) is 25.0 Å². The van der Waals surface area contributed by atoms with E-state index in [1.54, 1.807) is 0 Å². The van der Waals surface area contributed by atoms with Crippen LogP contribution in [0.3, 0.4) is 0 Å². The molecule has 1 aliphatic heterocycles.